The monoisotopic (exact) mass is 494 g/mol. The zero-order valence-corrected chi connectivity index (χ0v) is 22.3. The molecule has 0 radical (unpaired) electrons. The molecule has 3 saturated carbocycles. The predicted octanol–water partition coefficient (Wildman–Crippen LogP) is 3.01. The van der Waals surface area contributed by atoms with Gasteiger partial charge in [0.1, 0.15) is 6.10 Å². The first-order valence-corrected chi connectivity index (χ1v) is 12.9. The number of esters is 3. The van der Waals surface area contributed by atoms with E-state index in [9.17, 15) is 24.6 Å². The summed E-state index contributed by atoms with van der Waals surface area (Å²) in [6.45, 7) is 13.8. The minimum atomic E-state index is -1.72. The Labute approximate surface area is 208 Å². The van der Waals surface area contributed by atoms with Gasteiger partial charge in [0.05, 0.1) is 25.2 Å². The van der Waals surface area contributed by atoms with E-state index in [4.69, 9.17) is 14.2 Å². The van der Waals surface area contributed by atoms with Crippen molar-refractivity contribution in [1.82, 2.24) is 0 Å². The Morgan fingerprint density at radius 2 is 1.71 bits per heavy atom. The van der Waals surface area contributed by atoms with E-state index in [2.05, 4.69) is 27.7 Å². The van der Waals surface area contributed by atoms with Crippen molar-refractivity contribution in [3.63, 3.8) is 0 Å². The molecule has 0 aromatic carbocycles. The molecule has 4 aliphatic rings. The number of aliphatic hydroxyl groups excluding tert-OH is 1. The van der Waals surface area contributed by atoms with Gasteiger partial charge in [0.2, 0.25) is 6.10 Å². The number of aliphatic hydroxyl groups is 2. The van der Waals surface area contributed by atoms with Crippen LogP contribution in [0.15, 0.2) is 0 Å². The second-order valence-electron chi connectivity index (χ2n) is 12.9. The summed E-state index contributed by atoms with van der Waals surface area (Å²) in [6, 6.07) is 0. The van der Waals surface area contributed by atoms with Crippen LogP contribution in [0.4, 0.5) is 0 Å². The molecule has 0 spiro atoms. The first-order valence-electron chi connectivity index (χ1n) is 12.9. The molecule has 3 unspecified atom stereocenters. The third kappa shape index (κ3) is 3.14. The number of carbonyl (C=O) groups is 3. The van der Waals surface area contributed by atoms with Crippen LogP contribution in [-0.2, 0) is 28.6 Å². The number of cyclic esters (lactones) is 1. The largest absolute Gasteiger partial charge is 0.466 e. The number of methoxy groups -OCH3 is 1. The average molecular weight is 495 g/mol. The molecule has 8 nitrogen and oxygen atoms in total. The third-order valence-corrected chi connectivity index (χ3v) is 11.5. The minimum Gasteiger partial charge on any atom is -0.466 e. The summed E-state index contributed by atoms with van der Waals surface area (Å²) in [6.07, 6.45) is -0.839. The van der Waals surface area contributed by atoms with Gasteiger partial charge in [-0.2, -0.15) is 0 Å². The highest BCUT2D eigenvalue weighted by molar-refractivity contribution is 5.83. The van der Waals surface area contributed by atoms with Crippen LogP contribution in [0.25, 0.3) is 0 Å². The van der Waals surface area contributed by atoms with Gasteiger partial charge in [0.15, 0.2) is 0 Å². The molecule has 198 valence electrons. The van der Waals surface area contributed by atoms with E-state index in [0.29, 0.717) is 25.7 Å². The molecule has 0 bridgehead atoms. The van der Waals surface area contributed by atoms with Gasteiger partial charge >= 0.3 is 17.9 Å². The van der Waals surface area contributed by atoms with Gasteiger partial charge in [-0.1, -0.05) is 41.5 Å². The Hall–Kier alpha value is -1.67. The topological polar surface area (TPSA) is 119 Å². The number of carbonyl (C=O) groups excluding carboxylic acids is 3. The van der Waals surface area contributed by atoms with Crippen LogP contribution in [-0.4, -0.2) is 59.1 Å². The minimum absolute atomic E-state index is 0.0241. The Balaban J connectivity index is 1.91. The maximum Gasteiger partial charge on any atom is 0.347 e. The van der Waals surface area contributed by atoms with Crippen LogP contribution in [0.2, 0.25) is 0 Å². The van der Waals surface area contributed by atoms with Crippen molar-refractivity contribution in [2.24, 2.45) is 39.4 Å². The van der Waals surface area contributed by atoms with Crippen molar-refractivity contribution in [3.05, 3.63) is 0 Å². The average Bonchev–Trinajstić information content (AvgIpc) is 2.75. The summed E-state index contributed by atoms with van der Waals surface area (Å²) in [5.41, 5.74) is -4.70. The molecule has 3 aliphatic carbocycles. The van der Waals surface area contributed by atoms with Crippen LogP contribution in [0.1, 0.15) is 80.6 Å². The standard InChI is InChI=1S/C27H42O8/c1-14-11-19(34-15(2)28)25(6)16-9-10-24(5)21(22(31)33-8)35-20(30)13-27(24,32)26(16,7)18(29)12-17(25)23(14,3)4/h14,16-19,21,29,32H,9-13H2,1-8H3/t14-,16?,17?,18+,19+,21+,24+,25-,26+,27?/m1/s1. The Bertz CT molecular complexity index is 930. The Morgan fingerprint density at radius 1 is 1.09 bits per heavy atom. The first kappa shape index (κ1) is 26.4. The van der Waals surface area contributed by atoms with Crippen LogP contribution < -0.4 is 0 Å². The lowest BCUT2D eigenvalue weighted by Gasteiger charge is -2.74. The molecule has 0 aromatic rings. The molecule has 4 rings (SSSR count). The number of ether oxygens (including phenoxy) is 3. The highest BCUT2D eigenvalue weighted by Gasteiger charge is 2.78. The van der Waals surface area contributed by atoms with Gasteiger partial charge < -0.3 is 24.4 Å². The third-order valence-electron chi connectivity index (χ3n) is 11.5. The zero-order valence-electron chi connectivity index (χ0n) is 22.3. The lowest BCUT2D eigenvalue weighted by molar-refractivity contribution is -0.340. The molecule has 10 atom stereocenters. The molecule has 4 fully saturated rings. The Morgan fingerprint density at radius 3 is 2.29 bits per heavy atom. The fourth-order valence-corrected chi connectivity index (χ4v) is 9.10. The van der Waals surface area contributed by atoms with Gasteiger partial charge in [-0.15, -0.1) is 0 Å². The molecular weight excluding hydrogens is 452 g/mol. The second-order valence-corrected chi connectivity index (χ2v) is 12.9. The van der Waals surface area contributed by atoms with Crippen LogP contribution in [0.3, 0.4) is 0 Å². The van der Waals surface area contributed by atoms with Crippen molar-refractivity contribution in [2.45, 2.75) is 104 Å². The van der Waals surface area contributed by atoms with Crippen molar-refractivity contribution in [1.29, 1.82) is 0 Å². The van der Waals surface area contributed by atoms with E-state index in [0.717, 1.165) is 0 Å². The molecule has 35 heavy (non-hydrogen) atoms. The van der Waals surface area contributed by atoms with Gasteiger partial charge in [-0.25, -0.2) is 4.79 Å². The predicted molar refractivity (Wildman–Crippen MR) is 126 cm³/mol. The van der Waals surface area contributed by atoms with Crippen molar-refractivity contribution in [2.75, 3.05) is 7.11 Å². The maximum atomic E-state index is 12.8. The summed E-state index contributed by atoms with van der Waals surface area (Å²) < 4.78 is 16.4. The molecule has 2 N–H and O–H groups in total. The first-order chi connectivity index (χ1) is 16.0. The van der Waals surface area contributed by atoms with Crippen molar-refractivity contribution >= 4 is 17.9 Å². The lowest BCUT2D eigenvalue weighted by atomic mass is 9.33. The van der Waals surface area contributed by atoms with Gasteiger partial charge in [0.25, 0.3) is 0 Å². The fourth-order valence-electron chi connectivity index (χ4n) is 9.10. The van der Waals surface area contributed by atoms with Gasteiger partial charge in [-0.05, 0) is 48.9 Å². The summed E-state index contributed by atoms with van der Waals surface area (Å²) in [7, 11) is 1.23. The normalized spacial score (nSPS) is 50.6. The smallest absolute Gasteiger partial charge is 0.347 e. The van der Waals surface area contributed by atoms with Crippen LogP contribution >= 0.6 is 0 Å². The SMILES string of the molecule is COC(=O)[C@@H]1OC(=O)CC2(O)[C@@]1(C)CCC1[C@]3(C)C(C[C@H](O)[C@]12C)C(C)(C)[C@H](C)C[C@@H]3OC(C)=O. The van der Waals surface area contributed by atoms with Gasteiger partial charge in [0, 0.05) is 23.2 Å². The molecular formula is C27H42O8. The Kier molecular flexibility index (Phi) is 5.97. The number of rotatable bonds is 2. The molecule has 8 heteroatoms. The zero-order chi connectivity index (χ0) is 26.4. The molecule has 0 amide bonds. The van der Waals surface area contributed by atoms with E-state index < -0.39 is 46.0 Å². The molecule has 0 aromatic heterocycles. The van der Waals surface area contributed by atoms with Crippen LogP contribution in [0.5, 0.6) is 0 Å². The van der Waals surface area contributed by atoms with E-state index in [1.165, 1.54) is 14.0 Å². The summed E-state index contributed by atoms with van der Waals surface area (Å²) in [5, 5.41) is 24.4. The van der Waals surface area contributed by atoms with Crippen LogP contribution in [0, 0.1) is 39.4 Å². The summed E-state index contributed by atoms with van der Waals surface area (Å²) in [4.78, 5) is 37.7. The van der Waals surface area contributed by atoms with E-state index in [1.807, 2.05) is 6.92 Å². The highest BCUT2D eigenvalue weighted by atomic mass is 16.6. The number of hydrogen-bond acceptors (Lipinski definition) is 8. The fraction of sp³-hybridized carbons (Fsp3) is 0.889. The quantitative estimate of drug-likeness (QED) is 0.444. The highest BCUT2D eigenvalue weighted by Crippen LogP contribution is 2.74. The maximum absolute atomic E-state index is 12.8. The number of fused-ring (bicyclic) bond motifs is 5. The van der Waals surface area contributed by atoms with E-state index >= 15 is 0 Å². The van der Waals surface area contributed by atoms with Gasteiger partial charge in [-0.3, -0.25) is 9.59 Å². The summed E-state index contributed by atoms with van der Waals surface area (Å²) in [5.74, 6) is -1.72. The lowest BCUT2D eigenvalue weighted by Crippen LogP contribution is -2.79. The molecule has 1 saturated heterocycles. The number of hydrogen-bond donors (Lipinski definition) is 2. The second kappa shape index (κ2) is 7.91. The van der Waals surface area contributed by atoms with Crippen molar-refractivity contribution < 1.29 is 38.8 Å². The van der Waals surface area contributed by atoms with E-state index in [1.54, 1.807) is 6.92 Å². The van der Waals surface area contributed by atoms with E-state index in [-0.39, 0.29) is 41.7 Å². The van der Waals surface area contributed by atoms with Crippen molar-refractivity contribution in [3.8, 4) is 0 Å². The molecule has 1 aliphatic heterocycles. The molecule has 1 heterocycles. The summed E-state index contributed by atoms with van der Waals surface area (Å²) >= 11 is 0.